The fourth-order valence-electron chi connectivity index (χ4n) is 5.23. The molecule has 1 amide bonds. The Morgan fingerprint density at radius 2 is 2.10 bits per heavy atom. The van der Waals surface area contributed by atoms with Crippen molar-refractivity contribution < 1.29 is 13.2 Å². The average Bonchev–Trinajstić information content (AvgIpc) is 3.68. The van der Waals surface area contributed by atoms with Crippen molar-refractivity contribution in [3.63, 3.8) is 0 Å². The van der Waals surface area contributed by atoms with Gasteiger partial charge >= 0.3 is 4.87 Å². The number of nitrogens with zero attached hydrogens (tertiary/aromatic N) is 4. The lowest BCUT2D eigenvalue weighted by atomic mass is 10.1. The summed E-state index contributed by atoms with van der Waals surface area (Å²) in [5, 5.41) is 4.61. The van der Waals surface area contributed by atoms with Crippen LogP contribution in [0.25, 0.3) is 10.9 Å². The van der Waals surface area contributed by atoms with E-state index >= 15 is 0 Å². The maximum atomic E-state index is 13.7. The molecule has 1 aromatic carbocycles. The van der Waals surface area contributed by atoms with Crippen LogP contribution in [0.15, 0.2) is 34.1 Å². The molecule has 1 saturated heterocycles. The molecule has 3 aromatic heterocycles. The number of sulfonamides is 1. The van der Waals surface area contributed by atoms with E-state index in [0.29, 0.717) is 52.7 Å². The van der Waals surface area contributed by atoms with Crippen LogP contribution < -0.4 is 10.2 Å². The standard InChI is InChI=1S/C26H27N7O4S3/c1-3-16-4-6-19-17(11-16)12-23(28-19)40(36,37)32-8-9-33(18(14-32)5-7-22-30-26(35)39-31-22)25(34)24-29-20-10-15(2)27-13-21(20)38-24/h1,4,6,11-12,15,18,27-28H,5,7-10,13-14H2,2H3,(H,30,31,35). The van der Waals surface area contributed by atoms with Crippen LogP contribution in [-0.4, -0.2) is 74.6 Å². The molecule has 4 aromatic rings. The number of carbonyl (C=O) groups is 1. The highest BCUT2D eigenvalue weighted by Gasteiger charge is 2.38. The molecule has 2 aliphatic rings. The summed E-state index contributed by atoms with van der Waals surface area (Å²) in [5.41, 5.74) is 2.29. The fraction of sp³-hybridized carbons (Fsp3) is 0.385. The van der Waals surface area contributed by atoms with E-state index in [1.165, 1.54) is 15.6 Å². The highest BCUT2D eigenvalue weighted by atomic mass is 32.2. The van der Waals surface area contributed by atoms with E-state index < -0.39 is 16.1 Å². The predicted octanol–water partition coefficient (Wildman–Crippen LogP) is 1.93. The molecule has 2 unspecified atom stereocenters. The van der Waals surface area contributed by atoms with Crippen LogP contribution in [-0.2, 0) is 29.4 Å². The molecule has 2 aliphatic heterocycles. The minimum atomic E-state index is -3.88. The van der Waals surface area contributed by atoms with E-state index in [2.05, 4.69) is 37.5 Å². The molecule has 14 heteroatoms. The normalized spacial score (nSPS) is 19.9. The molecule has 5 heterocycles. The number of benzene rings is 1. The minimum Gasteiger partial charge on any atom is -0.345 e. The van der Waals surface area contributed by atoms with Gasteiger partial charge in [-0.3, -0.25) is 14.6 Å². The van der Waals surface area contributed by atoms with Crippen molar-refractivity contribution in [3.8, 4) is 12.3 Å². The first-order chi connectivity index (χ1) is 19.2. The van der Waals surface area contributed by atoms with Gasteiger partial charge in [-0.1, -0.05) is 5.92 Å². The number of amides is 1. The smallest absolute Gasteiger partial charge is 0.323 e. The van der Waals surface area contributed by atoms with Gasteiger partial charge in [0.15, 0.2) is 5.01 Å². The number of piperazine rings is 1. The topological polar surface area (TPSA) is 144 Å². The first-order valence-corrected chi connectivity index (χ1v) is 15.9. The Kier molecular flexibility index (Phi) is 7.09. The molecular formula is C26H27N7O4S3. The van der Waals surface area contributed by atoms with Gasteiger partial charge in [-0.2, -0.15) is 8.68 Å². The summed E-state index contributed by atoms with van der Waals surface area (Å²) in [6.45, 7) is 3.24. The highest BCUT2D eigenvalue weighted by Crippen LogP contribution is 2.29. The van der Waals surface area contributed by atoms with Gasteiger partial charge in [0.2, 0.25) is 0 Å². The molecule has 6 rings (SSSR count). The average molecular weight is 598 g/mol. The Morgan fingerprint density at radius 3 is 2.88 bits per heavy atom. The maximum absolute atomic E-state index is 13.7. The largest absolute Gasteiger partial charge is 0.345 e. The summed E-state index contributed by atoms with van der Waals surface area (Å²) in [4.78, 5) is 38.2. The summed E-state index contributed by atoms with van der Waals surface area (Å²) >= 11 is 2.23. The number of aromatic amines is 2. The lowest BCUT2D eigenvalue weighted by molar-refractivity contribution is 0.0550. The van der Waals surface area contributed by atoms with E-state index in [4.69, 9.17) is 6.42 Å². The Morgan fingerprint density at radius 1 is 1.25 bits per heavy atom. The van der Waals surface area contributed by atoms with Gasteiger partial charge in [0.05, 0.1) is 5.69 Å². The molecule has 0 spiro atoms. The number of H-pyrrole nitrogens is 2. The van der Waals surface area contributed by atoms with Gasteiger partial charge in [-0.15, -0.1) is 17.8 Å². The van der Waals surface area contributed by atoms with Crippen LogP contribution in [0.1, 0.15) is 45.1 Å². The number of fused-ring (bicyclic) bond motifs is 2. The van der Waals surface area contributed by atoms with Crippen LogP contribution in [0.4, 0.5) is 0 Å². The fourth-order valence-corrected chi connectivity index (χ4v) is 8.20. The second-order valence-electron chi connectivity index (χ2n) is 10.1. The van der Waals surface area contributed by atoms with Crippen molar-refractivity contribution in [1.29, 1.82) is 0 Å². The van der Waals surface area contributed by atoms with Crippen molar-refractivity contribution >= 4 is 49.7 Å². The van der Waals surface area contributed by atoms with Gasteiger partial charge in [0.1, 0.15) is 10.9 Å². The van der Waals surface area contributed by atoms with E-state index in [9.17, 15) is 18.0 Å². The SMILES string of the molecule is C#Cc1ccc2[nH]c(S(=O)(=O)N3CCN(C(=O)c4nc5c(s4)CNC(C)C5)C(CCc4nsc(=O)[nH]4)C3)cc2c1. The lowest BCUT2D eigenvalue weighted by Gasteiger charge is -2.40. The summed E-state index contributed by atoms with van der Waals surface area (Å²) in [6.07, 6.45) is 7.10. The number of aromatic nitrogens is 4. The molecule has 208 valence electrons. The number of carbonyl (C=O) groups excluding carboxylic acids is 1. The zero-order chi connectivity index (χ0) is 28.0. The highest BCUT2D eigenvalue weighted by molar-refractivity contribution is 7.89. The molecule has 3 N–H and O–H groups in total. The monoisotopic (exact) mass is 597 g/mol. The Balaban J connectivity index is 1.27. The summed E-state index contributed by atoms with van der Waals surface area (Å²) in [6, 6.07) is 6.74. The van der Waals surface area contributed by atoms with Crippen LogP contribution in [0.2, 0.25) is 0 Å². The van der Waals surface area contributed by atoms with Gasteiger partial charge < -0.3 is 15.2 Å². The number of aryl methyl sites for hydroxylation is 1. The summed E-state index contributed by atoms with van der Waals surface area (Å²) in [7, 11) is -3.88. The molecule has 0 radical (unpaired) electrons. The van der Waals surface area contributed by atoms with Crippen molar-refractivity contribution in [1.82, 2.24) is 33.8 Å². The lowest BCUT2D eigenvalue weighted by Crippen LogP contribution is -2.56. The number of terminal acetylenes is 1. The number of hydrogen-bond donors (Lipinski definition) is 3. The second-order valence-corrected chi connectivity index (χ2v) is 13.8. The van der Waals surface area contributed by atoms with Crippen LogP contribution in [0, 0.1) is 12.3 Å². The summed E-state index contributed by atoms with van der Waals surface area (Å²) < 4.78 is 33.0. The zero-order valence-corrected chi connectivity index (χ0v) is 24.1. The van der Waals surface area contributed by atoms with E-state index in [1.807, 2.05) is 0 Å². The number of nitrogens with one attached hydrogen (secondary N) is 3. The number of thiazole rings is 1. The molecular weight excluding hydrogens is 571 g/mol. The molecule has 0 bridgehead atoms. The van der Waals surface area contributed by atoms with Crippen molar-refractivity contribution in [3.05, 3.63) is 60.9 Å². The van der Waals surface area contributed by atoms with E-state index in [0.717, 1.165) is 28.5 Å². The summed E-state index contributed by atoms with van der Waals surface area (Å²) in [5.74, 6) is 2.89. The van der Waals surface area contributed by atoms with Gasteiger partial charge in [-0.05, 0) is 37.6 Å². The molecule has 0 saturated carbocycles. The quantitative estimate of drug-likeness (QED) is 0.288. The van der Waals surface area contributed by atoms with Crippen molar-refractivity contribution in [2.75, 3.05) is 19.6 Å². The Hall–Kier alpha value is -3.35. The zero-order valence-electron chi connectivity index (χ0n) is 21.6. The first kappa shape index (κ1) is 26.9. The van der Waals surface area contributed by atoms with Crippen LogP contribution >= 0.6 is 22.9 Å². The van der Waals surface area contributed by atoms with E-state index in [-0.39, 0.29) is 35.4 Å². The third-order valence-electron chi connectivity index (χ3n) is 7.36. The van der Waals surface area contributed by atoms with Crippen molar-refractivity contribution in [2.24, 2.45) is 0 Å². The second kappa shape index (κ2) is 10.6. The van der Waals surface area contributed by atoms with Gasteiger partial charge in [0, 0.05) is 84.0 Å². The Labute approximate surface area is 238 Å². The maximum Gasteiger partial charge on any atom is 0.323 e. The Bertz CT molecular complexity index is 1800. The molecule has 40 heavy (non-hydrogen) atoms. The predicted molar refractivity (Wildman–Crippen MR) is 153 cm³/mol. The molecule has 0 aliphatic carbocycles. The van der Waals surface area contributed by atoms with Crippen LogP contribution in [0.3, 0.4) is 0 Å². The van der Waals surface area contributed by atoms with Crippen molar-refractivity contribution in [2.45, 2.75) is 49.8 Å². The van der Waals surface area contributed by atoms with E-state index in [1.54, 1.807) is 29.2 Å². The third-order valence-corrected chi connectivity index (χ3v) is 10.8. The third kappa shape index (κ3) is 5.11. The van der Waals surface area contributed by atoms with Crippen LogP contribution in [0.5, 0.6) is 0 Å². The molecule has 1 fully saturated rings. The molecule has 2 atom stereocenters. The number of hydrogen-bond acceptors (Lipinski definition) is 9. The first-order valence-electron chi connectivity index (χ1n) is 12.9. The molecule has 11 nitrogen and oxygen atoms in total. The van der Waals surface area contributed by atoms with Gasteiger partial charge in [-0.25, -0.2) is 13.4 Å². The number of rotatable bonds is 6. The minimum absolute atomic E-state index is 0.0771. The van der Waals surface area contributed by atoms with Gasteiger partial charge in [0.25, 0.3) is 15.9 Å².